The van der Waals surface area contributed by atoms with E-state index in [-0.39, 0.29) is 11.9 Å². The molecule has 0 unspecified atom stereocenters. The van der Waals surface area contributed by atoms with E-state index in [1.807, 2.05) is 13.8 Å². The highest BCUT2D eigenvalue weighted by molar-refractivity contribution is 5.95. The number of nitrogens with one attached hydrogen (secondary N) is 2. The summed E-state index contributed by atoms with van der Waals surface area (Å²) >= 11 is 0. The predicted molar refractivity (Wildman–Crippen MR) is 74.6 cm³/mol. The lowest BCUT2D eigenvalue weighted by Crippen LogP contribution is -2.47. The molecule has 19 heavy (non-hydrogen) atoms. The van der Waals surface area contributed by atoms with Crippen molar-refractivity contribution in [3.8, 4) is 0 Å². The lowest BCUT2D eigenvalue weighted by Gasteiger charge is -2.31. The fourth-order valence-corrected chi connectivity index (χ4v) is 2.34. The minimum atomic E-state index is -0.419. The Hall–Kier alpha value is -1.14. The molecule has 110 valence electrons. The summed E-state index contributed by atoms with van der Waals surface area (Å²) in [6.07, 6.45) is 3.24. The number of carbonyl (C=O) groups excluding carboxylic acids is 2. The third-order valence-electron chi connectivity index (χ3n) is 3.32. The Morgan fingerprint density at radius 3 is 2.47 bits per heavy atom. The number of hydrogen-bond acceptors (Lipinski definition) is 4. The third-order valence-corrected chi connectivity index (χ3v) is 3.32. The number of rotatable bonds is 5. The molecule has 6 nitrogen and oxygen atoms in total. The van der Waals surface area contributed by atoms with Crippen LogP contribution in [-0.2, 0) is 4.79 Å². The van der Waals surface area contributed by atoms with Crippen LogP contribution in [0.5, 0.6) is 0 Å². The molecule has 0 spiro atoms. The minimum Gasteiger partial charge on any atom is -0.336 e. The van der Waals surface area contributed by atoms with Gasteiger partial charge in [0.2, 0.25) is 5.91 Å². The Morgan fingerprint density at radius 1 is 1.32 bits per heavy atom. The van der Waals surface area contributed by atoms with E-state index in [1.165, 1.54) is 0 Å². The standard InChI is InChI=1S/C13H26N4O2/c1-10(2)15-13(19)16-12(18)9-17-7-4-11(3-6-14)5-8-17/h10-11H,3-9,14H2,1-2H3,(H2,15,16,18,19). The number of imide groups is 1. The molecule has 0 atom stereocenters. The molecule has 0 aromatic heterocycles. The van der Waals surface area contributed by atoms with Crippen LogP contribution in [0, 0.1) is 5.92 Å². The molecule has 0 radical (unpaired) electrons. The number of nitrogens with zero attached hydrogens (tertiary/aromatic N) is 1. The van der Waals surface area contributed by atoms with E-state index < -0.39 is 6.03 Å². The summed E-state index contributed by atoms with van der Waals surface area (Å²) < 4.78 is 0. The third kappa shape index (κ3) is 6.54. The SMILES string of the molecule is CC(C)NC(=O)NC(=O)CN1CCC(CCN)CC1. The quantitative estimate of drug-likeness (QED) is 0.669. The van der Waals surface area contributed by atoms with Gasteiger partial charge in [0.05, 0.1) is 6.54 Å². The van der Waals surface area contributed by atoms with Crippen molar-refractivity contribution in [3.05, 3.63) is 0 Å². The summed E-state index contributed by atoms with van der Waals surface area (Å²) in [7, 11) is 0. The molecular formula is C13H26N4O2. The zero-order chi connectivity index (χ0) is 14.3. The molecule has 4 N–H and O–H groups in total. The van der Waals surface area contributed by atoms with Crippen LogP contribution in [0.4, 0.5) is 4.79 Å². The fraction of sp³-hybridized carbons (Fsp3) is 0.846. The number of likely N-dealkylation sites (tertiary alicyclic amines) is 1. The smallest absolute Gasteiger partial charge is 0.321 e. The Morgan fingerprint density at radius 2 is 1.95 bits per heavy atom. The van der Waals surface area contributed by atoms with Crippen molar-refractivity contribution in [1.82, 2.24) is 15.5 Å². The van der Waals surface area contributed by atoms with E-state index in [4.69, 9.17) is 5.73 Å². The molecule has 0 aliphatic carbocycles. The number of amides is 3. The topological polar surface area (TPSA) is 87.5 Å². The zero-order valence-electron chi connectivity index (χ0n) is 11.9. The van der Waals surface area contributed by atoms with Gasteiger partial charge in [0, 0.05) is 6.04 Å². The van der Waals surface area contributed by atoms with Crippen LogP contribution in [0.2, 0.25) is 0 Å². The van der Waals surface area contributed by atoms with Gasteiger partial charge < -0.3 is 11.1 Å². The Bertz CT molecular complexity index is 299. The fourth-order valence-electron chi connectivity index (χ4n) is 2.34. The largest absolute Gasteiger partial charge is 0.336 e. The Kier molecular flexibility index (Phi) is 6.80. The zero-order valence-corrected chi connectivity index (χ0v) is 11.9. The summed E-state index contributed by atoms with van der Waals surface area (Å²) in [5.41, 5.74) is 5.55. The monoisotopic (exact) mass is 270 g/mol. The van der Waals surface area contributed by atoms with Crippen LogP contribution >= 0.6 is 0 Å². The van der Waals surface area contributed by atoms with E-state index in [0.717, 1.165) is 38.9 Å². The molecule has 0 aromatic rings. The highest BCUT2D eigenvalue weighted by Gasteiger charge is 2.20. The summed E-state index contributed by atoms with van der Waals surface area (Å²) in [5.74, 6) is 0.448. The minimum absolute atomic E-state index is 0.0276. The van der Waals surface area contributed by atoms with E-state index in [9.17, 15) is 9.59 Å². The van der Waals surface area contributed by atoms with Gasteiger partial charge in [-0.05, 0) is 58.7 Å². The van der Waals surface area contributed by atoms with Crippen LogP contribution in [0.1, 0.15) is 33.1 Å². The van der Waals surface area contributed by atoms with Crippen molar-refractivity contribution >= 4 is 11.9 Å². The number of piperidine rings is 1. The van der Waals surface area contributed by atoms with Crippen LogP contribution < -0.4 is 16.4 Å². The maximum Gasteiger partial charge on any atom is 0.321 e. The van der Waals surface area contributed by atoms with Crippen molar-refractivity contribution in [2.45, 2.75) is 39.2 Å². The molecule has 1 saturated heterocycles. The lowest BCUT2D eigenvalue weighted by molar-refractivity contribution is -0.121. The second-order valence-corrected chi connectivity index (χ2v) is 5.47. The van der Waals surface area contributed by atoms with Crippen LogP contribution in [0.25, 0.3) is 0 Å². The molecule has 0 bridgehead atoms. The molecule has 1 fully saturated rings. The molecule has 1 aliphatic heterocycles. The molecule has 1 heterocycles. The van der Waals surface area contributed by atoms with Crippen LogP contribution in [0.3, 0.4) is 0 Å². The summed E-state index contributed by atoms with van der Waals surface area (Å²) in [5, 5.41) is 4.98. The first-order chi connectivity index (χ1) is 9.01. The van der Waals surface area contributed by atoms with Crippen LogP contribution in [0.15, 0.2) is 0 Å². The van der Waals surface area contributed by atoms with Gasteiger partial charge in [-0.3, -0.25) is 15.0 Å². The molecule has 1 aliphatic rings. The van der Waals surface area contributed by atoms with Crippen molar-refractivity contribution in [2.75, 3.05) is 26.2 Å². The summed E-state index contributed by atoms with van der Waals surface area (Å²) in [6.45, 7) is 6.55. The molecule has 1 rings (SSSR count). The van der Waals surface area contributed by atoms with Gasteiger partial charge in [-0.1, -0.05) is 0 Å². The summed E-state index contributed by atoms with van der Waals surface area (Å²) in [6, 6.07) is -0.391. The van der Waals surface area contributed by atoms with Crippen molar-refractivity contribution < 1.29 is 9.59 Å². The van der Waals surface area contributed by atoms with Crippen molar-refractivity contribution in [3.63, 3.8) is 0 Å². The molecular weight excluding hydrogens is 244 g/mol. The van der Waals surface area contributed by atoms with Crippen molar-refractivity contribution in [2.24, 2.45) is 11.7 Å². The first-order valence-electron chi connectivity index (χ1n) is 7.04. The first-order valence-corrected chi connectivity index (χ1v) is 7.04. The molecule has 6 heteroatoms. The average Bonchev–Trinajstić information content (AvgIpc) is 2.30. The van der Waals surface area contributed by atoms with Gasteiger partial charge in [0.25, 0.3) is 0 Å². The second kappa shape index (κ2) is 8.12. The number of hydrogen-bond donors (Lipinski definition) is 3. The number of carbonyl (C=O) groups is 2. The average molecular weight is 270 g/mol. The van der Waals surface area contributed by atoms with E-state index >= 15 is 0 Å². The van der Waals surface area contributed by atoms with Gasteiger partial charge >= 0.3 is 6.03 Å². The van der Waals surface area contributed by atoms with E-state index in [1.54, 1.807) is 0 Å². The Balaban J connectivity index is 2.21. The Labute approximate surface area is 115 Å². The number of nitrogens with two attached hydrogens (primary N) is 1. The molecule has 0 saturated carbocycles. The van der Waals surface area contributed by atoms with E-state index in [0.29, 0.717) is 12.5 Å². The molecule has 0 aromatic carbocycles. The maximum atomic E-state index is 11.7. The van der Waals surface area contributed by atoms with Crippen LogP contribution in [-0.4, -0.2) is 49.1 Å². The second-order valence-electron chi connectivity index (χ2n) is 5.47. The highest BCUT2D eigenvalue weighted by Crippen LogP contribution is 2.19. The predicted octanol–water partition coefficient (Wildman–Crippen LogP) is 0.281. The lowest BCUT2D eigenvalue weighted by atomic mass is 9.94. The normalized spacial score (nSPS) is 17.5. The highest BCUT2D eigenvalue weighted by atomic mass is 16.2. The maximum absolute atomic E-state index is 11.7. The molecule has 3 amide bonds. The van der Waals surface area contributed by atoms with Gasteiger partial charge in [-0.2, -0.15) is 0 Å². The van der Waals surface area contributed by atoms with Gasteiger partial charge in [-0.15, -0.1) is 0 Å². The summed E-state index contributed by atoms with van der Waals surface area (Å²) in [4.78, 5) is 25.1. The van der Waals surface area contributed by atoms with Gasteiger partial charge in [0.1, 0.15) is 0 Å². The first kappa shape index (κ1) is 15.9. The van der Waals surface area contributed by atoms with Gasteiger partial charge in [-0.25, -0.2) is 4.79 Å². The van der Waals surface area contributed by atoms with Crippen molar-refractivity contribution in [1.29, 1.82) is 0 Å². The van der Waals surface area contributed by atoms with Gasteiger partial charge in [0.15, 0.2) is 0 Å². The number of urea groups is 1. The van der Waals surface area contributed by atoms with E-state index in [2.05, 4.69) is 15.5 Å².